The summed E-state index contributed by atoms with van der Waals surface area (Å²) in [7, 11) is 1.55. The molecule has 0 fully saturated rings. The Kier molecular flexibility index (Phi) is 3.96. The van der Waals surface area contributed by atoms with E-state index in [1.165, 1.54) is 4.90 Å². The molecule has 1 rings (SSSR count). The van der Waals surface area contributed by atoms with Crippen LogP contribution in [0.25, 0.3) is 0 Å². The average molecular weight is 250 g/mol. The monoisotopic (exact) mass is 250 g/mol. The summed E-state index contributed by atoms with van der Waals surface area (Å²) < 4.78 is 5.23. The Morgan fingerprint density at radius 2 is 2.00 bits per heavy atom. The Bertz CT molecular complexity index is 464. The highest BCUT2D eigenvalue weighted by molar-refractivity contribution is 5.93. The Hall–Kier alpha value is -2.04. The van der Waals surface area contributed by atoms with Crippen molar-refractivity contribution in [2.45, 2.75) is 26.4 Å². The number of nitrogens with zero attached hydrogens (tertiary/aromatic N) is 1. The molecule has 0 radical (unpaired) electrons. The van der Waals surface area contributed by atoms with E-state index >= 15 is 0 Å². The van der Waals surface area contributed by atoms with Gasteiger partial charge < -0.3 is 10.5 Å². The van der Waals surface area contributed by atoms with E-state index in [-0.39, 0.29) is 0 Å². The van der Waals surface area contributed by atoms with E-state index < -0.39 is 11.7 Å². The minimum atomic E-state index is -0.581. The molecule has 1 amide bonds. The zero-order valence-corrected chi connectivity index (χ0v) is 11.1. The van der Waals surface area contributed by atoms with E-state index in [0.717, 1.165) is 0 Å². The summed E-state index contributed by atoms with van der Waals surface area (Å²) in [5, 5.41) is 0. The number of hydrogen-bond donors (Lipinski definition) is 1. The SMILES string of the molecule is CN(C(=O)OC(C)(C)C)c1cc(C=O)ccc1N. The van der Waals surface area contributed by atoms with Crippen LogP contribution in [0.15, 0.2) is 18.2 Å². The van der Waals surface area contributed by atoms with Gasteiger partial charge in [0, 0.05) is 12.6 Å². The summed E-state index contributed by atoms with van der Waals surface area (Å²) in [6.07, 6.45) is 0.184. The third-order valence-corrected chi connectivity index (χ3v) is 2.22. The molecule has 0 heterocycles. The second kappa shape index (κ2) is 5.08. The largest absolute Gasteiger partial charge is 0.443 e. The van der Waals surface area contributed by atoms with Crippen molar-refractivity contribution in [2.75, 3.05) is 17.7 Å². The van der Waals surface area contributed by atoms with Gasteiger partial charge in [0.25, 0.3) is 0 Å². The molecule has 0 saturated carbocycles. The topological polar surface area (TPSA) is 72.6 Å². The molecule has 0 atom stereocenters. The van der Waals surface area contributed by atoms with Gasteiger partial charge in [0.1, 0.15) is 11.9 Å². The van der Waals surface area contributed by atoms with Crippen LogP contribution in [0.2, 0.25) is 0 Å². The highest BCUT2D eigenvalue weighted by atomic mass is 16.6. The summed E-state index contributed by atoms with van der Waals surface area (Å²) in [4.78, 5) is 23.9. The molecule has 1 aromatic carbocycles. The second-order valence-corrected chi connectivity index (χ2v) is 4.98. The second-order valence-electron chi connectivity index (χ2n) is 4.98. The van der Waals surface area contributed by atoms with Crippen LogP contribution in [-0.2, 0) is 4.74 Å². The van der Waals surface area contributed by atoms with Gasteiger partial charge in [-0.15, -0.1) is 0 Å². The predicted molar refractivity (Wildman–Crippen MR) is 70.9 cm³/mol. The van der Waals surface area contributed by atoms with Crippen molar-refractivity contribution in [3.8, 4) is 0 Å². The molecule has 98 valence electrons. The molecule has 0 unspecified atom stereocenters. The van der Waals surface area contributed by atoms with Crippen molar-refractivity contribution in [3.63, 3.8) is 0 Å². The van der Waals surface area contributed by atoms with Crippen LogP contribution >= 0.6 is 0 Å². The molecule has 2 N–H and O–H groups in total. The number of ether oxygens (including phenoxy) is 1. The van der Waals surface area contributed by atoms with Crippen LogP contribution in [-0.4, -0.2) is 25.0 Å². The molecular weight excluding hydrogens is 232 g/mol. The molecule has 0 aliphatic carbocycles. The van der Waals surface area contributed by atoms with E-state index in [9.17, 15) is 9.59 Å². The first-order valence-electron chi connectivity index (χ1n) is 5.56. The van der Waals surface area contributed by atoms with Crippen molar-refractivity contribution in [1.29, 1.82) is 0 Å². The minimum Gasteiger partial charge on any atom is -0.443 e. The fourth-order valence-corrected chi connectivity index (χ4v) is 1.35. The van der Waals surface area contributed by atoms with Gasteiger partial charge in [-0.2, -0.15) is 0 Å². The molecule has 0 aromatic heterocycles. The lowest BCUT2D eigenvalue weighted by Gasteiger charge is -2.25. The van der Waals surface area contributed by atoms with Gasteiger partial charge in [-0.05, 0) is 39.0 Å². The number of rotatable bonds is 2. The normalized spacial score (nSPS) is 10.9. The van der Waals surface area contributed by atoms with Gasteiger partial charge in [0.2, 0.25) is 0 Å². The van der Waals surface area contributed by atoms with Crippen LogP contribution < -0.4 is 10.6 Å². The molecule has 5 heteroatoms. The van der Waals surface area contributed by atoms with E-state index in [0.29, 0.717) is 23.2 Å². The zero-order valence-electron chi connectivity index (χ0n) is 11.1. The first kappa shape index (κ1) is 14.0. The van der Waals surface area contributed by atoms with Crippen molar-refractivity contribution < 1.29 is 14.3 Å². The lowest BCUT2D eigenvalue weighted by molar-refractivity contribution is 0.0589. The molecule has 5 nitrogen and oxygen atoms in total. The van der Waals surface area contributed by atoms with Gasteiger partial charge >= 0.3 is 6.09 Å². The van der Waals surface area contributed by atoms with Gasteiger partial charge in [0.05, 0.1) is 11.4 Å². The van der Waals surface area contributed by atoms with Gasteiger partial charge in [0.15, 0.2) is 0 Å². The van der Waals surface area contributed by atoms with Crippen molar-refractivity contribution in [3.05, 3.63) is 23.8 Å². The van der Waals surface area contributed by atoms with Crippen LogP contribution in [0.1, 0.15) is 31.1 Å². The number of anilines is 2. The van der Waals surface area contributed by atoms with Crippen molar-refractivity contribution in [2.24, 2.45) is 0 Å². The minimum absolute atomic E-state index is 0.411. The van der Waals surface area contributed by atoms with E-state index in [2.05, 4.69) is 0 Å². The van der Waals surface area contributed by atoms with Gasteiger partial charge in [-0.3, -0.25) is 9.69 Å². The Labute approximate surface area is 107 Å². The summed E-state index contributed by atoms with van der Waals surface area (Å²) in [5.74, 6) is 0. The zero-order chi connectivity index (χ0) is 13.9. The molecule has 0 aliphatic heterocycles. The maximum Gasteiger partial charge on any atom is 0.414 e. The highest BCUT2D eigenvalue weighted by Gasteiger charge is 2.21. The number of carbonyl (C=O) groups excluding carboxylic acids is 2. The molecule has 18 heavy (non-hydrogen) atoms. The van der Waals surface area contributed by atoms with Crippen LogP contribution in [0, 0.1) is 0 Å². The smallest absolute Gasteiger partial charge is 0.414 e. The summed E-state index contributed by atoms with van der Waals surface area (Å²) >= 11 is 0. The molecular formula is C13H18N2O3. The average Bonchev–Trinajstić information content (AvgIpc) is 2.26. The molecule has 0 saturated heterocycles. The first-order valence-corrected chi connectivity index (χ1v) is 5.56. The lowest BCUT2D eigenvalue weighted by Crippen LogP contribution is -2.34. The fraction of sp³-hybridized carbons (Fsp3) is 0.385. The standard InChI is InChI=1S/C13H18N2O3/c1-13(2,3)18-12(17)15(4)11-7-9(8-16)5-6-10(11)14/h5-8H,14H2,1-4H3. The number of hydrogen-bond acceptors (Lipinski definition) is 4. The Balaban J connectivity index is 2.99. The van der Waals surface area contributed by atoms with Crippen molar-refractivity contribution >= 4 is 23.8 Å². The number of aldehydes is 1. The fourth-order valence-electron chi connectivity index (χ4n) is 1.35. The number of benzene rings is 1. The van der Waals surface area contributed by atoms with Gasteiger partial charge in [-0.25, -0.2) is 4.79 Å². The number of carbonyl (C=O) groups is 2. The molecule has 1 aromatic rings. The van der Waals surface area contributed by atoms with Crippen molar-refractivity contribution in [1.82, 2.24) is 0 Å². The predicted octanol–water partition coefficient (Wildman–Crippen LogP) is 2.45. The van der Waals surface area contributed by atoms with Crippen LogP contribution in [0.3, 0.4) is 0 Å². The molecule has 0 bridgehead atoms. The van der Waals surface area contributed by atoms with Crippen LogP contribution in [0.5, 0.6) is 0 Å². The number of amides is 1. The maximum absolute atomic E-state index is 11.9. The third-order valence-electron chi connectivity index (χ3n) is 2.22. The lowest BCUT2D eigenvalue weighted by atomic mass is 10.2. The Morgan fingerprint density at radius 1 is 1.39 bits per heavy atom. The molecule has 0 aliphatic rings. The van der Waals surface area contributed by atoms with E-state index in [4.69, 9.17) is 10.5 Å². The number of nitrogen functional groups attached to an aromatic ring is 1. The maximum atomic E-state index is 11.9. The highest BCUT2D eigenvalue weighted by Crippen LogP contribution is 2.24. The summed E-state index contributed by atoms with van der Waals surface area (Å²) in [6.45, 7) is 5.35. The quantitative estimate of drug-likeness (QED) is 0.646. The third kappa shape index (κ3) is 3.48. The molecule has 0 spiro atoms. The van der Waals surface area contributed by atoms with E-state index in [1.807, 2.05) is 0 Å². The van der Waals surface area contributed by atoms with E-state index in [1.54, 1.807) is 46.0 Å². The summed E-state index contributed by atoms with van der Waals surface area (Å²) in [6, 6.07) is 4.72. The van der Waals surface area contributed by atoms with Gasteiger partial charge in [-0.1, -0.05) is 0 Å². The Morgan fingerprint density at radius 3 is 2.50 bits per heavy atom. The summed E-state index contributed by atoms with van der Waals surface area (Å²) in [5.41, 5.74) is 6.52. The van der Waals surface area contributed by atoms with Crippen LogP contribution in [0.4, 0.5) is 16.2 Å². The first-order chi connectivity index (χ1) is 8.24. The number of nitrogens with two attached hydrogens (primary N) is 1.